The van der Waals surface area contributed by atoms with E-state index in [0.29, 0.717) is 22.9 Å². The molecule has 21 heavy (non-hydrogen) atoms. The highest BCUT2D eigenvalue weighted by Crippen LogP contribution is 2.31. The van der Waals surface area contributed by atoms with Gasteiger partial charge in [-0.2, -0.15) is 0 Å². The fourth-order valence-corrected chi connectivity index (χ4v) is 2.90. The van der Waals surface area contributed by atoms with Gasteiger partial charge in [0.05, 0.1) is 24.8 Å². The fraction of sp³-hybridized carbons (Fsp3) is 0.143. The van der Waals surface area contributed by atoms with Crippen molar-refractivity contribution < 1.29 is 17.9 Å². The van der Waals surface area contributed by atoms with Crippen molar-refractivity contribution in [2.75, 3.05) is 24.7 Å². The van der Waals surface area contributed by atoms with Gasteiger partial charge in [0.15, 0.2) is 0 Å². The number of hydrogen-bond acceptors (Lipinski definition) is 5. The van der Waals surface area contributed by atoms with Crippen molar-refractivity contribution in [3.8, 4) is 11.5 Å². The zero-order valence-electron chi connectivity index (χ0n) is 11.7. The molecule has 6 nitrogen and oxygen atoms in total. The predicted octanol–water partition coefficient (Wildman–Crippen LogP) is 2.09. The van der Waals surface area contributed by atoms with Gasteiger partial charge >= 0.3 is 0 Å². The Kier molecular flexibility index (Phi) is 4.23. The van der Waals surface area contributed by atoms with E-state index in [1.54, 1.807) is 30.3 Å². The van der Waals surface area contributed by atoms with E-state index in [9.17, 15) is 8.42 Å². The minimum Gasteiger partial charge on any atom is -0.497 e. The summed E-state index contributed by atoms with van der Waals surface area (Å²) < 4.78 is 37.4. The number of nitrogens with one attached hydrogen (secondary N) is 1. The van der Waals surface area contributed by atoms with Crippen molar-refractivity contribution in [1.82, 2.24) is 0 Å². The highest BCUT2D eigenvalue weighted by molar-refractivity contribution is 7.92. The second-order valence-electron chi connectivity index (χ2n) is 4.24. The number of rotatable bonds is 5. The van der Waals surface area contributed by atoms with E-state index in [2.05, 4.69) is 4.72 Å². The first-order valence-electron chi connectivity index (χ1n) is 6.06. The molecule has 0 bridgehead atoms. The van der Waals surface area contributed by atoms with Gasteiger partial charge < -0.3 is 15.2 Å². The molecule has 0 saturated carbocycles. The second kappa shape index (κ2) is 5.92. The molecule has 0 spiro atoms. The lowest BCUT2D eigenvalue weighted by atomic mass is 10.3. The van der Waals surface area contributed by atoms with Crippen LogP contribution in [0.15, 0.2) is 47.4 Å². The third-order valence-corrected chi connectivity index (χ3v) is 4.18. The van der Waals surface area contributed by atoms with E-state index in [4.69, 9.17) is 15.2 Å². The molecule has 0 unspecified atom stereocenters. The molecule has 0 radical (unpaired) electrons. The van der Waals surface area contributed by atoms with Crippen LogP contribution >= 0.6 is 0 Å². The smallest absolute Gasteiger partial charge is 0.262 e. The molecule has 0 aliphatic heterocycles. The molecule has 2 aromatic carbocycles. The summed E-state index contributed by atoms with van der Waals surface area (Å²) >= 11 is 0. The number of methoxy groups -OCH3 is 2. The highest BCUT2D eigenvalue weighted by Gasteiger charge is 2.17. The van der Waals surface area contributed by atoms with E-state index in [1.807, 2.05) is 0 Å². The maximum Gasteiger partial charge on any atom is 0.262 e. The van der Waals surface area contributed by atoms with Gasteiger partial charge in [-0.15, -0.1) is 0 Å². The van der Waals surface area contributed by atoms with Crippen LogP contribution in [0.5, 0.6) is 11.5 Å². The zero-order chi connectivity index (χ0) is 15.5. The summed E-state index contributed by atoms with van der Waals surface area (Å²) in [5, 5.41) is 0. The summed E-state index contributed by atoms with van der Waals surface area (Å²) in [6.07, 6.45) is 0. The van der Waals surface area contributed by atoms with Crippen molar-refractivity contribution in [2.24, 2.45) is 0 Å². The molecule has 7 heteroatoms. The monoisotopic (exact) mass is 308 g/mol. The number of ether oxygens (including phenoxy) is 2. The molecule has 2 aromatic rings. The molecule has 2 rings (SSSR count). The normalized spacial score (nSPS) is 11.0. The molecule has 0 aromatic heterocycles. The quantitative estimate of drug-likeness (QED) is 0.825. The van der Waals surface area contributed by atoms with E-state index in [-0.39, 0.29) is 4.90 Å². The Morgan fingerprint density at radius 3 is 2.43 bits per heavy atom. The summed E-state index contributed by atoms with van der Waals surface area (Å²) in [4.78, 5) is 0.0763. The summed E-state index contributed by atoms with van der Waals surface area (Å²) in [6.45, 7) is 0. The Labute approximate surface area is 123 Å². The van der Waals surface area contributed by atoms with Gasteiger partial charge in [-0.05, 0) is 30.3 Å². The van der Waals surface area contributed by atoms with E-state index >= 15 is 0 Å². The summed E-state index contributed by atoms with van der Waals surface area (Å²) in [5.74, 6) is 0.907. The SMILES string of the molecule is COc1ccc(OC)c(NS(=O)(=O)c2cccc(N)c2)c1. The van der Waals surface area contributed by atoms with Crippen molar-refractivity contribution in [1.29, 1.82) is 0 Å². The average molecular weight is 308 g/mol. The molecule has 0 saturated heterocycles. The maximum atomic E-state index is 12.4. The Morgan fingerprint density at radius 2 is 1.81 bits per heavy atom. The van der Waals surface area contributed by atoms with Crippen LogP contribution in [0.3, 0.4) is 0 Å². The van der Waals surface area contributed by atoms with Crippen LogP contribution in [0.25, 0.3) is 0 Å². The third kappa shape index (κ3) is 3.38. The Morgan fingerprint density at radius 1 is 1.05 bits per heavy atom. The summed E-state index contributed by atoms with van der Waals surface area (Å²) in [5.41, 5.74) is 6.28. The number of nitrogens with two attached hydrogens (primary N) is 1. The fourth-order valence-electron chi connectivity index (χ4n) is 1.78. The largest absolute Gasteiger partial charge is 0.497 e. The van der Waals surface area contributed by atoms with Gasteiger partial charge in [0, 0.05) is 11.8 Å². The van der Waals surface area contributed by atoms with Crippen molar-refractivity contribution in [3.05, 3.63) is 42.5 Å². The first-order chi connectivity index (χ1) is 9.96. The van der Waals surface area contributed by atoms with E-state index in [1.165, 1.54) is 26.4 Å². The van der Waals surface area contributed by atoms with Crippen LogP contribution < -0.4 is 19.9 Å². The minimum absolute atomic E-state index is 0.0763. The maximum absolute atomic E-state index is 12.4. The van der Waals surface area contributed by atoms with Gasteiger partial charge in [-0.1, -0.05) is 6.07 Å². The van der Waals surface area contributed by atoms with Gasteiger partial charge in [0.1, 0.15) is 11.5 Å². The van der Waals surface area contributed by atoms with Gasteiger partial charge in [-0.3, -0.25) is 4.72 Å². The molecule has 0 heterocycles. The number of hydrogen-bond donors (Lipinski definition) is 2. The van der Waals surface area contributed by atoms with E-state index < -0.39 is 10.0 Å². The van der Waals surface area contributed by atoms with Crippen LogP contribution in [-0.2, 0) is 10.0 Å². The van der Waals surface area contributed by atoms with E-state index in [0.717, 1.165) is 0 Å². The Hall–Kier alpha value is -2.41. The summed E-state index contributed by atoms with van der Waals surface area (Å²) in [6, 6.07) is 10.9. The highest BCUT2D eigenvalue weighted by atomic mass is 32.2. The number of benzene rings is 2. The molecular weight excluding hydrogens is 292 g/mol. The minimum atomic E-state index is -3.76. The first kappa shape index (κ1) is 15.0. The van der Waals surface area contributed by atoms with Gasteiger partial charge in [-0.25, -0.2) is 8.42 Å². The Bertz CT molecular complexity index is 744. The summed E-state index contributed by atoms with van der Waals surface area (Å²) in [7, 11) is -0.803. The average Bonchev–Trinajstić information content (AvgIpc) is 2.46. The van der Waals surface area contributed by atoms with Gasteiger partial charge in [0.2, 0.25) is 0 Å². The van der Waals surface area contributed by atoms with Gasteiger partial charge in [0.25, 0.3) is 10.0 Å². The van der Waals surface area contributed by atoms with Crippen LogP contribution in [0.2, 0.25) is 0 Å². The molecule has 0 fully saturated rings. The lowest BCUT2D eigenvalue weighted by Crippen LogP contribution is -2.14. The van der Waals surface area contributed by atoms with Crippen molar-refractivity contribution >= 4 is 21.4 Å². The topological polar surface area (TPSA) is 90.6 Å². The van der Waals surface area contributed by atoms with Crippen LogP contribution in [0, 0.1) is 0 Å². The lowest BCUT2D eigenvalue weighted by molar-refractivity contribution is 0.405. The lowest BCUT2D eigenvalue weighted by Gasteiger charge is -2.13. The predicted molar refractivity (Wildman–Crippen MR) is 81.2 cm³/mol. The first-order valence-corrected chi connectivity index (χ1v) is 7.55. The molecule has 0 atom stereocenters. The molecular formula is C14H16N2O4S. The molecule has 0 aliphatic rings. The molecule has 0 aliphatic carbocycles. The standard InChI is InChI=1S/C14H16N2O4S/c1-19-11-6-7-14(20-2)13(9-11)16-21(17,18)12-5-3-4-10(15)8-12/h3-9,16H,15H2,1-2H3. The van der Waals surface area contributed by atoms with Crippen LogP contribution in [-0.4, -0.2) is 22.6 Å². The number of anilines is 2. The van der Waals surface area contributed by atoms with Crippen molar-refractivity contribution in [3.63, 3.8) is 0 Å². The number of nitrogen functional groups attached to an aromatic ring is 1. The third-order valence-electron chi connectivity index (χ3n) is 2.82. The van der Waals surface area contributed by atoms with Crippen LogP contribution in [0.1, 0.15) is 0 Å². The molecule has 3 N–H and O–H groups in total. The Balaban J connectivity index is 2.40. The van der Waals surface area contributed by atoms with Crippen molar-refractivity contribution in [2.45, 2.75) is 4.90 Å². The molecule has 112 valence electrons. The molecule has 0 amide bonds. The van der Waals surface area contributed by atoms with Crippen LogP contribution in [0.4, 0.5) is 11.4 Å². The second-order valence-corrected chi connectivity index (χ2v) is 5.93. The number of sulfonamides is 1. The zero-order valence-corrected chi connectivity index (χ0v) is 12.5.